The Hall–Kier alpha value is -5.69. The van der Waals surface area contributed by atoms with Gasteiger partial charge in [-0.1, -0.05) is 35.6 Å². The first-order valence-electron chi connectivity index (χ1n) is 16.8. The van der Waals surface area contributed by atoms with E-state index in [1.165, 1.54) is 11.3 Å². The highest BCUT2D eigenvalue weighted by Crippen LogP contribution is 2.36. The third-order valence-corrected chi connectivity index (χ3v) is 9.31. The first-order chi connectivity index (χ1) is 24.6. The Morgan fingerprint density at radius 2 is 1.75 bits per heavy atom. The van der Waals surface area contributed by atoms with Crippen molar-refractivity contribution in [3.05, 3.63) is 96.2 Å². The number of carbonyl (C=O) groups excluding carboxylic acids is 2. The quantitative estimate of drug-likeness (QED) is 0.154. The maximum absolute atomic E-state index is 13.0. The van der Waals surface area contributed by atoms with Crippen LogP contribution in [0.3, 0.4) is 0 Å². The highest BCUT2D eigenvalue weighted by atomic mass is 32.1. The SMILES string of the molecule is COc1ccc(Cn2nc(N[C@@H]3CCCN(C(=O)OC(C)(C)C)C3)c3c(Oc4ccc(C(=O)Nc5nc6ccccc6s5)cc4)ccnc32)cc1. The summed E-state index contributed by atoms with van der Waals surface area (Å²) in [4.78, 5) is 36.9. The van der Waals surface area contributed by atoms with Gasteiger partial charge in [0.2, 0.25) is 0 Å². The number of pyridine rings is 1. The van der Waals surface area contributed by atoms with Crippen LogP contribution in [0, 0.1) is 0 Å². The van der Waals surface area contributed by atoms with Gasteiger partial charge in [0, 0.05) is 37.0 Å². The molecule has 0 aliphatic carbocycles. The van der Waals surface area contributed by atoms with E-state index in [1.807, 2.05) is 74.0 Å². The van der Waals surface area contributed by atoms with Crippen molar-refractivity contribution in [1.29, 1.82) is 0 Å². The van der Waals surface area contributed by atoms with Crippen LogP contribution in [0.4, 0.5) is 15.7 Å². The minimum atomic E-state index is -0.579. The Kier molecular flexibility index (Phi) is 9.46. The average molecular weight is 706 g/mol. The summed E-state index contributed by atoms with van der Waals surface area (Å²) >= 11 is 1.43. The van der Waals surface area contributed by atoms with Gasteiger partial charge in [-0.3, -0.25) is 10.1 Å². The molecule has 1 saturated heterocycles. The number of amides is 2. The lowest BCUT2D eigenvalue weighted by atomic mass is 10.1. The number of carbonyl (C=O) groups is 2. The Morgan fingerprint density at radius 1 is 0.980 bits per heavy atom. The molecule has 2 N–H and O–H groups in total. The topological polar surface area (TPSA) is 133 Å². The number of piperidine rings is 1. The number of methoxy groups -OCH3 is 1. The van der Waals surface area contributed by atoms with Crippen molar-refractivity contribution in [2.75, 3.05) is 30.8 Å². The van der Waals surface area contributed by atoms with Gasteiger partial charge in [-0.15, -0.1) is 0 Å². The summed E-state index contributed by atoms with van der Waals surface area (Å²) in [5.41, 5.74) is 2.40. The Morgan fingerprint density at radius 3 is 2.49 bits per heavy atom. The summed E-state index contributed by atoms with van der Waals surface area (Å²) in [6.45, 7) is 7.17. The highest BCUT2D eigenvalue weighted by molar-refractivity contribution is 7.22. The Bertz CT molecular complexity index is 2140. The van der Waals surface area contributed by atoms with Crippen LogP contribution in [0.1, 0.15) is 49.5 Å². The molecule has 6 aromatic rings. The molecule has 3 aromatic heterocycles. The monoisotopic (exact) mass is 705 g/mol. The maximum atomic E-state index is 13.0. The second kappa shape index (κ2) is 14.3. The van der Waals surface area contributed by atoms with Crippen LogP contribution in [0.2, 0.25) is 0 Å². The minimum Gasteiger partial charge on any atom is -0.497 e. The summed E-state index contributed by atoms with van der Waals surface area (Å²) in [6.07, 6.45) is 3.04. The van der Waals surface area contributed by atoms with Crippen LogP contribution >= 0.6 is 11.3 Å². The van der Waals surface area contributed by atoms with Gasteiger partial charge in [-0.25, -0.2) is 19.4 Å². The average Bonchev–Trinajstić information content (AvgIpc) is 3.69. The molecule has 0 unspecified atom stereocenters. The molecule has 1 aliphatic rings. The second-order valence-corrected chi connectivity index (χ2v) is 14.4. The van der Waals surface area contributed by atoms with Crippen molar-refractivity contribution in [2.24, 2.45) is 0 Å². The number of nitrogens with one attached hydrogen (secondary N) is 2. The fourth-order valence-corrected chi connectivity index (χ4v) is 6.81. The molecule has 4 heterocycles. The fourth-order valence-electron chi connectivity index (χ4n) is 5.95. The van der Waals surface area contributed by atoms with E-state index in [9.17, 15) is 9.59 Å². The van der Waals surface area contributed by atoms with Crippen molar-refractivity contribution in [2.45, 2.75) is 51.8 Å². The van der Waals surface area contributed by atoms with Gasteiger partial charge in [-0.2, -0.15) is 5.10 Å². The number of benzene rings is 3. The lowest BCUT2D eigenvalue weighted by Gasteiger charge is -2.34. The molecule has 0 radical (unpaired) electrons. The van der Waals surface area contributed by atoms with E-state index >= 15 is 0 Å². The van der Waals surface area contributed by atoms with Crippen LogP contribution in [-0.4, -0.2) is 68.5 Å². The van der Waals surface area contributed by atoms with E-state index in [1.54, 1.807) is 48.5 Å². The van der Waals surface area contributed by atoms with Crippen LogP contribution in [-0.2, 0) is 11.3 Å². The number of aromatic nitrogens is 4. The Labute approximate surface area is 299 Å². The molecule has 0 spiro atoms. The molecular formula is C38H39N7O5S. The number of likely N-dealkylation sites (tertiary alicyclic amines) is 1. The normalized spacial score (nSPS) is 14.7. The van der Waals surface area contributed by atoms with Gasteiger partial charge in [0.05, 0.1) is 23.9 Å². The number of rotatable bonds is 9. The van der Waals surface area contributed by atoms with Crippen molar-refractivity contribution in [3.8, 4) is 17.2 Å². The first-order valence-corrected chi connectivity index (χ1v) is 17.6. The van der Waals surface area contributed by atoms with E-state index in [0.717, 1.165) is 34.4 Å². The predicted octanol–water partition coefficient (Wildman–Crippen LogP) is 7.95. The lowest BCUT2D eigenvalue weighted by Crippen LogP contribution is -2.47. The van der Waals surface area contributed by atoms with Gasteiger partial charge < -0.3 is 24.4 Å². The molecule has 12 nitrogen and oxygen atoms in total. The summed E-state index contributed by atoms with van der Waals surface area (Å²) in [6, 6.07) is 24.3. The fraction of sp³-hybridized carbons (Fsp3) is 0.289. The van der Waals surface area contributed by atoms with Crippen molar-refractivity contribution < 1.29 is 23.8 Å². The number of para-hydroxylation sites is 1. The van der Waals surface area contributed by atoms with Gasteiger partial charge >= 0.3 is 6.09 Å². The maximum Gasteiger partial charge on any atom is 0.410 e. The number of hydrogen-bond acceptors (Lipinski definition) is 10. The zero-order valence-corrected chi connectivity index (χ0v) is 29.7. The van der Waals surface area contributed by atoms with Gasteiger partial charge in [0.15, 0.2) is 16.6 Å². The largest absolute Gasteiger partial charge is 0.497 e. The van der Waals surface area contributed by atoms with Crippen molar-refractivity contribution >= 4 is 55.5 Å². The van der Waals surface area contributed by atoms with Crippen LogP contribution in [0.25, 0.3) is 21.3 Å². The van der Waals surface area contributed by atoms with Gasteiger partial charge in [0.1, 0.15) is 28.2 Å². The first kappa shape index (κ1) is 33.8. The van der Waals surface area contributed by atoms with Crippen molar-refractivity contribution in [3.63, 3.8) is 0 Å². The van der Waals surface area contributed by atoms with Crippen LogP contribution in [0.15, 0.2) is 85.1 Å². The third-order valence-electron chi connectivity index (χ3n) is 8.36. The molecule has 0 bridgehead atoms. The number of fused-ring (bicyclic) bond motifs is 2. The summed E-state index contributed by atoms with van der Waals surface area (Å²) < 4.78 is 20.3. The van der Waals surface area contributed by atoms with E-state index in [0.29, 0.717) is 58.7 Å². The molecule has 51 heavy (non-hydrogen) atoms. The van der Waals surface area contributed by atoms with E-state index in [2.05, 4.69) is 15.6 Å². The molecule has 0 saturated carbocycles. The third kappa shape index (κ3) is 7.88. The molecule has 1 atom stereocenters. The lowest BCUT2D eigenvalue weighted by molar-refractivity contribution is 0.0206. The number of anilines is 2. The predicted molar refractivity (Wildman–Crippen MR) is 198 cm³/mol. The highest BCUT2D eigenvalue weighted by Gasteiger charge is 2.29. The van der Waals surface area contributed by atoms with Crippen LogP contribution in [0.5, 0.6) is 17.2 Å². The number of thiazole rings is 1. The molecule has 1 aliphatic heterocycles. The summed E-state index contributed by atoms with van der Waals surface area (Å²) in [5, 5.41) is 12.7. The van der Waals surface area contributed by atoms with Crippen molar-refractivity contribution in [1.82, 2.24) is 24.6 Å². The van der Waals surface area contributed by atoms with E-state index < -0.39 is 5.60 Å². The summed E-state index contributed by atoms with van der Waals surface area (Å²) in [5.74, 6) is 2.21. The molecule has 2 amide bonds. The standard InChI is InChI=1S/C38H39N7O5S/c1-38(2,3)50-37(47)44-21-7-8-26(23-44)40-33-32-30(19-20-39-34(32)45(43-33)22-24-11-15-27(48-4)16-12-24)49-28-17-13-25(14-18-28)35(46)42-36-41-29-9-5-6-10-31(29)51-36/h5-6,9-20,26H,7-8,21-23H2,1-4H3,(H,40,43)(H,41,42,46)/t26-/m1/s1. The number of nitrogens with zero attached hydrogens (tertiary/aromatic N) is 5. The molecular weight excluding hydrogens is 667 g/mol. The van der Waals surface area contributed by atoms with E-state index in [4.69, 9.17) is 24.3 Å². The van der Waals surface area contributed by atoms with Gasteiger partial charge in [-0.05, 0) is 87.7 Å². The molecule has 262 valence electrons. The van der Waals surface area contributed by atoms with Crippen LogP contribution < -0.4 is 20.1 Å². The molecule has 13 heteroatoms. The molecule has 1 fully saturated rings. The summed E-state index contributed by atoms with van der Waals surface area (Å²) in [7, 11) is 1.64. The smallest absolute Gasteiger partial charge is 0.410 e. The van der Waals surface area contributed by atoms with E-state index in [-0.39, 0.29) is 18.0 Å². The molecule has 3 aromatic carbocycles. The Balaban J connectivity index is 1.14. The zero-order chi connectivity index (χ0) is 35.5. The van der Waals surface area contributed by atoms with Gasteiger partial charge in [0.25, 0.3) is 5.91 Å². The zero-order valence-electron chi connectivity index (χ0n) is 28.9. The minimum absolute atomic E-state index is 0.0694. The number of hydrogen-bond donors (Lipinski definition) is 2. The second-order valence-electron chi connectivity index (χ2n) is 13.3. The number of ether oxygens (including phenoxy) is 3. The molecule has 7 rings (SSSR count).